The van der Waals surface area contributed by atoms with Crippen molar-refractivity contribution in [2.24, 2.45) is 5.92 Å². The van der Waals surface area contributed by atoms with Gasteiger partial charge in [0.2, 0.25) is 0 Å². The minimum Gasteiger partial charge on any atom is -0.488 e. The van der Waals surface area contributed by atoms with Crippen LogP contribution < -0.4 is 4.74 Å². The Balaban J connectivity index is 2.03. The molecule has 1 fully saturated rings. The molecule has 3 unspecified atom stereocenters. The van der Waals surface area contributed by atoms with Gasteiger partial charge in [-0.1, -0.05) is 51.1 Å². The van der Waals surface area contributed by atoms with Crippen molar-refractivity contribution in [2.75, 3.05) is 13.2 Å². The maximum Gasteiger partial charge on any atom is 0.120 e. The fourth-order valence-electron chi connectivity index (χ4n) is 4.54. The Morgan fingerprint density at radius 2 is 1.64 bits per heavy atom. The number of hydrogen-bond donors (Lipinski definition) is 1. The fourth-order valence-corrected chi connectivity index (χ4v) is 4.54. The van der Waals surface area contributed by atoms with E-state index in [0.29, 0.717) is 19.1 Å². The molecule has 0 radical (unpaired) electrons. The van der Waals surface area contributed by atoms with Crippen LogP contribution in [-0.2, 0) is 19.6 Å². The van der Waals surface area contributed by atoms with Crippen LogP contribution in [0, 0.1) is 5.92 Å². The third-order valence-corrected chi connectivity index (χ3v) is 7.30. The van der Waals surface area contributed by atoms with Crippen LogP contribution in [0.4, 0.5) is 0 Å². The number of epoxide rings is 1. The van der Waals surface area contributed by atoms with E-state index in [-0.39, 0.29) is 16.9 Å². The van der Waals surface area contributed by atoms with Crippen molar-refractivity contribution in [2.45, 2.75) is 123 Å². The quantitative estimate of drug-likeness (QED) is 0.131. The number of ether oxygens (including phenoxy) is 4. The lowest BCUT2D eigenvalue weighted by molar-refractivity contribution is -0.0892. The van der Waals surface area contributed by atoms with Crippen LogP contribution in [0.15, 0.2) is 60.4 Å². The van der Waals surface area contributed by atoms with E-state index in [1.54, 1.807) is 6.92 Å². The van der Waals surface area contributed by atoms with Crippen LogP contribution in [0.2, 0.25) is 0 Å². The van der Waals surface area contributed by atoms with Gasteiger partial charge in [0.15, 0.2) is 0 Å². The monoisotopic (exact) mass is 542 g/mol. The van der Waals surface area contributed by atoms with E-state index >= 15 is 0 Å². The molecule has 0 amide bonds. The minimum absolute atomic E-state index is 0.182. The predicted octanol–water partition coefficient (Wildman–Crippen LogP) is 7.92. The summed E-state index contributed by atoms with van der Waals surface area (Å²) in [5, 5.41) is 9.73. The SMILES string of the molecule is C\C=C/C(=C\C=C\C(C)(C)c1ccc(OC(C)(C)CC(C)O)cc1)OC(C)(C)C(C)COC(C)(C)CC1CO1. The van der Waals surface area contributed by atoms with Gasteiger partial charge in [-0.15, -0.1) is 0 Å². The molecule has 1 saturated heterocycles. The summed E-state index contributed by atoms with van der Waals surface area (Å²) in [6.07, 6.45) is 11.7. The van der Waals surface area contributed by atoms with Crippen LogP contribution in [0.25, 0.3) is 0 Å². The van der Waals surface area contributed by atoms with Crippen LogP contribution >= 0.6 is 0 Å². The number of aliphatic hydroxyl groups is 1. The maximum absolute atomic E-state index is 9.73. The third-order valence-electron chi connectivity index (χ3n) is 7.30. The highest BCUT2D eigenvalue weighted by Gasteiger charge is 2.34. The van der Waals surface area contributed by atoms with Gasteiger partial charge in [-0.2, -0.15) is 0 Å². The molecule has 0 aliphatic carbocycles. The smallest absolute Gasteiger partial charge is 0.120 e. The normalized spacial score (nSPS) is 19.0. The minimum atomic E-state index is -0.432. The molecule has 5 heteroatoms. The first-order chi connectivity index (χ1) is 17.9. The van der Waals surface area contributed by atoms with E-state index in [0.717, 1.165) is 24.5 Å². The Labute approximate surface area is 238 Å². The molecule has 39 heavy (non-hydrogen) atoms. The molecule has 220 valence electrons. The lowest BCUT2D eigenvalue weighted by Crippen LogP contribution is -2.38. The molecular formula is C34H54O5. The van der Waals surface area contributed by atoms with E-state index < -0.39 is 17.3 Å². The number of aliphatic hydroxyl groups excluding tert-OH is 1. The second-order valence-electron chi connectivity index (χ2n) is 13.4. The molecule has 2 rings (SSSR count). The first-order valence-electron chi connectivity index (χ1n) is 14.4. The number of rotatable bonds is 16. The van der Waals surface area contributed by atoms with E-state index in [2.05, 4.69) is 72.8 Å². The predicted molar refractivity (Wildman–Crippen MR) is 161 cm³/mol. The summed E-state index contributed by atoms with van der Waals surface area (Å²) in [4.78, 5) is 0. The summed E-state index contributed by atoms with van der Waals surface area (Å²) < 4.78 is 24.3. The van der Waals surface area contributed by atoms with Crippen molar-refractivity contribution in [3.8, 4) is 5.75 Å². The molecule has 0 saturated carbocycles. The average Bonchev–Trinajstić information content (AvgIpc) is 3.59. The highest BCUT2D eigenvalue weighted by Crippen LogP contribution is 2.31. The van der Waals surface area contributed by atoms with Crippen molar-refractivity contribution in [3.63, 3.8) is 0 Å². The molecule has 0 spiro atoms. The summed E-state index contributed by atoms with van der Waals surface area (Å²) in [5.41, 5.74) is -0.0399. The lowest BCUT2D eigenvalue weighted by Gasteiger charge is -2.35. The Kier molecular flexibility index (Phi) is 11.5. The largest absolute Gasteiger partial charge is 0.488 e. The maximum atomic E-state index is 9.73. The Bertz CT molecular complexity index is 975. The van der Waals surface area contributed by atoms with Gasteiger partial charge in [0, 0.05) is 24.2 Å². The third kappa shape index (κ3) is 11.9. The molecule has 1 N–H and O–H groups in total. The molecule has 0 bridgehead atoms. The molecule has 1 heterocycles. The molecule has 1 aromatic carbocycles. The summed E-state index contributed by atoms with van der Waals surface area (Å²) >= 11 is 0. The second kappa shape index (κ2) is 13.5. The zero-order valence-electron chi connectivity index (χ0n) is 26.3. The van der Waals surface area contributed by atoms with Gasteiger partial charge in [0.1, 0.15) is 22.7 Å². The van der Waals surface area contributed by atoms with E-state index in [4.69, 9.17) is 18.9 Å². The van der Waals surface area contributed by atoms with Gasteiger partial charge in [-0.3, -0.25) is 0 Å². The van der Waals surface area contributed by atoms with Crippen LogP contribution in [-0.4, -0.2) is 47.3 Å². The van der Waals surface area contributed by atoms with Crippen LogP contribution in [0.3, 0.4) is 0 Å². The molecule has 0 aromatic heterocycles. The van der Waals surface area contributed by atoms with Crippen molar-refractivity contribution in [1.82, 2.24) is 0 Å². The molecule has 3 atom stereocenters. The number of hydrogen-bond acceptors (Lipinski definition) is 5. The molecule has 1 aliphatic rings. The fraction of sp³-hybridized carbons (Fsp3) is 0.647. The van der Waals surface area contributed by atoms with Gasteiger partial charge < -0.3 is 24.1 Å². The Hall–Kier alpha value is -2.08. The number of benzene rings is 1. The van der Waals surface area contributed by atoms with Crippen molar-refractivity contribution < 1.29 is 24.1 Å². The highest BCUT2D eigenvalue weighted by atomic mass is 16.6. The molecule has 1 aromatic rings. The van der Waals surface area contributed by atoms with Crippen molar-refractivity contribution in [1.29, 1.82) is 0 Å². The summed E-state index contributed by atoms with van der Waals surface area (Å²) in [5.74, 6) is 1.81. The van der Waals surface area contributed by atoms with Gasteiger partial charge >= 0.3 is 0 Å². The first kappa shape index (κ1) is 33.1. The Morgan fingerprint density at radius 3 is 2.18 bits per heavy atom. The standard InChI is InChI=1S/C34H54O5/c1-12-14-28(39-34(10,11)25(2)23-37-32(6,7)22-30-24-36-30)15-13-20-31(4,5)27-16-18-29(19-17-27)38-33(8,9)21-26(3)35/h12-20,25-26,30,35H,21-24H2,1-11H3/b14-12-,20-13+,28-15+. The van der Waals surface area contributed by atoms with Gasteiger partial charge in [-0.05, 0) is 85.2 Å². The van der Waals surface area contributed by atoms with Gasteiger partial charge in [0.25, 0.3) is 0 Å². The second-order valence-corrected chi connectivity index (χ2v) is 13.4. The molecular weight excluding hydrogens is 488 g/mol. The van der Waals surface area contributed by atoms with Crippen molar-refractivity contribution >= 4 is 0 Å². The zero-order chi connectivity index (χ0) is 29.5. The van der Waals surface area contributed by atoms with Gasteiger partial charge in [0.05, 0.1) is 31.0 Å². The Morgan fingerprint density at radius 1 is 1.03 bits per heavy atom. The topological polar surface area (TPSA) is 60.5 Å². The highest BCUT2D eigenvalue weighted by molar-refractivity contribution is 5.35. The lowest BCUT2D eigenvalue weighted by atomic mass is 9.84. The van der Waals surface area contributed by atoms with E-state index in [1.807, 2.05) is 51.1 Å². The zero-order valence-corrected chi connectivity index (χ0v) is 26.3. The molecule has 1 aliphatic heterocycles. The summed E-state index contributed by atoms with van der Waals surface area (Å²) in [7, 11) is 0. The van der Waals surface area contributed by atoms with Crippen LogP contribution in [0.5, 0.6) is 5.75 Å². The first-order valence-corrected chi connectivity index (χ1v) is 14.4. The van der Waals surface area contributed by atoms with Crippen LogP contribution in [0.1, 0.15) is 94.6 Å². The molecule has 5 nitrogen and oxygen atoms in total. The number of allylic oxidation sites excluding steroid dienone is 5. The summed E-state index contributed by atoms with van der Waals surface area (Å²) in [6, 6.07) is 8.22. The van der Waals surface area contributed by atoms with Gasteiger partial charge in [-0.25, -0.2) is 0 Å². The van der Waals surface area contributed by atoms with E-state index in [9.17, 15) is 5.11 Å². The van der Waals surface area contributed by atoms with E-state index in [1.165, 1.54) is 5.56 Å². The summed E-state index contributed by atoms with van der Waals surface area (Å²) in [6.45, 7) is 24.3. The van der Waals surface area contributed by atoms with Crippen molar-refractivity contribution in [3.05, 3.63) is 66.0 Å². The average molecular weight is 543 g/mol.